The van der Waals surface area contributed by atoms with Crippen LogP contribution in [0.4, 0.5) is 5.69 Å². The van der Waals surface area contributed by atoms with Gasteiger partial charge in [0.15, 0.2) is 9.84 Å². The van der Waals surface area contributed by atoms with E-state index in [0.717, 1.165) is 6.26 Å². The number of sulfone groups is 1. The van der Waals surface area contributed by atoms with Gasteiger partial charge in [0.25, 0.3) is 5.56 Å². The van der Waals surface area contributed by atoms with E-state index in [2.05, 4.69) is 5.32 Å². The molecule has 146 valence electrons. The van der Waals surface area contributed by atoms with E-state index in [-0.39, 0.29) is 21.2 Å². The molecule has 1 N–H and O–H groups in total. The number of nitriles is 1. The van der Waals surface area contributed by atoms with Crippen LogP contribution >= 0.6 is 11.6 Å². The number of nitrogens with zero attached hydrogens (tertiary/aromatic N) is 3. The van der Waals surface area contributed by atoms with Crippen LogP contribution in [0.2, 0.25) is 5.02 Å². The molecule has 9 nitrogen and oxygen atoms in total. The SMILES string of the molecule is CS(=O)(=O)c1ccc(Cl)c(NC(=O)Cn2c(=O)c(C#N)c3n(c2=O)CCC3)c1. The molecular weight excluding hydrogens is 408 g/mol. The molecule has 2 aromatic rings. The van der Waals surface area contributed by atoms with E-state index in [1.807, 2.05) is 0 Å². The Balaban J connectivity index is 1.95. The Bertz CT molecular complexity index is 1250. The van der Waals surface area contributed by atoms with Crippen LogP contribution in [0.25, 0.3) is 0 Å². The van der Waals surface area contributed by atoms with Crippen molar-refractivity contribution < 1.29 is 13.2 Å². The van der Waals surface area contributed by atoms with Crippen LogP contribution in [0.1, 0.15) is 17.7 Å². The second-order valence-corrected chi connectivity index (χ2v) is 8.75. The molecule has 1 amide bonds. The summed E-state index contributed by atoms with van der Waals surface area (Å²) in [5.41, 5.74) is -1.22. The molecule has 0 atom stereocenters. The molecule has 0 fully saturated rings. The van der Waals surface area contributed by atoms with Crippen molar-refractivity contribution in [2.45, 2.75) is 30.8 Å². The van der Waals surface area contributed by atoms with Gasteiger partial charge in [-0.05, 0) is 31.0 Å². The van der Waals surface area contributed by atoms with Crippen molar-refractivity contribution >= 4 is 33.0 Å². The summed E-state index contributed by atoms with van der Waals surface area (Å²) >= 11 is 5.99. The van der Waals surface area contributed by atoms with Crippen molar-refractivity contribution in [1.82, 2.24) is 9.13 Å². The van der Waals surface area contributed by atoms with E-state index in [0.29, 0.717) is 29.6 Å². The number of hydrogen-bond acceptors (Lipinski definition) is 6. The Morgan fingerprint density at radius 1 is 1.36 bits per heavy atom. The zero-order valence-corrected chi connectivity index (χ0v) is 16.3. The summed E-state index contributed by atoms with van der Waals surface area (Å²) in [6.45, 7) is -0.265. The summed E-state index contributed by atoms with van der Waals surface area (Å²) in [7, 11) is -3.52. The van der Waals surface area contributed by atoms with Crippen LogP contribution in [0.5, 0.6) is 0 Å². The average molecular weight is 423 g/mol. The summed E-state index contributed by atoms with van der Waals surface area (Å²) in [6, 6.07) is 5.61. The summed E-state index contributed by atoms with van der Waals surface area (Å²) in [4.78, 5) is 37.3. The number of carbonyl (C=O) groups is 1. The van der Waals surface area contributed by atoms with Crippen LogP contribution in [0, 0.1) is 11.3 Å². The van der Waals surface area contributed by atoms with Gasteiger partial charge in [0, 0.05) is 18.5 Å². The summed E-state index contributed by atoms with van der Waals surface area (Å²) in [6.07, 6.45) is 2.10. The number of amides is 1. The third-order valence-electron chi connectivity index (χ3n) is 4.38. The Morgan fingerprint density at radius 3 is 2.71 bits per heavy atom. The fourth-order valence-electron chi connectivity index (χ4n) is 3.05. The minimum Gasteiger partial charge on any atom is -0.323 e. The predicted octanol–water partition coefficient (Wildman–Crippen LogP) is 0.523. The molecule has 3 rings (SSSR count). The number of aromatic nitrogens is 2. The highest BCUT2D eigenvalue weighted by atomic mass is 35.5. The van der Waals surface area contributed by atoms with E-state index in [9.17, 15) is 28.1 Å². The maximum atomic E-state index is 12.5. The van der Waals surface area contributed by atoms with Crippen LogP contribution in [0.3, 0.4) is 0 Å². The van der Waals surface area contributed by atoms with Crippen molar-refractivity contribution in [2.75, 3.05) is 11.6 Å². The number of nitrogens with one attached hydrogen (secondary N) is 1. The lowest BCUT2D eigenvalue weighted by atomic mass is 10.2. The molecule has 0 radical (unpaired) electrons. The predicted molar refractivity (Wildman–Crippen MR) is 101 cm³/mol. The van der Waals surface area contributed by atoms with Gasteiger partial charge in [0.1, 0.15) is 18.2 Å². The Hall–Kier alpha value is -2.90. The zero-order chi connectivity index (χ0) is 20.6. The van der Waals surface area contributed by atoms with E-state index in [1.54, 1.807) is 6.07 Å². The van der Waals surface area contributed by atoms with Crippen LogP contribution in [-0.4, -0.2) is 29.7 Å². The van der Waals surface area contributed by atoms with Gasteiger partial charge in [0.2, 0.25) is 5.91 Å². The van der Waals surface area contributed by atoms with Crippen LogP contribution in [0.15, 0.2) is 32.7 Å². The normalized spacial score (nSPS) is 13.0. The number of benzene rings is 1. The number of carbonyl (C=O) groups excluding carboxylic acids is 1. The van der Waals surface area contributed by atoms with Gasteiger partial charge in [0.05, 0.1) is 15.6 Å². The molecule has 1 aliphatic rings. The Morgan fingerprint density at radius 2 is 2.07 bits per heavy atom. The standard InChI is InChI=1S/C17H15ClN4O5S/c1-28(26,27)10-4-5-12(18)13(7-10)20-15(23)9-22-16(24)11(8-19)14-3-2-6-21(14)17(22)25/h4-5,7H,2-3,6,9H2,1H3,(H,20,23). The number of fused-ring (bicyclic) bond motifs is 1. The summed E-state index contributed by atoms with van der Waals surface area (Å²) < 4.78 is 25.3. The van der Waals surface area contributed by atoms with Crippen molar-refractivity contribution in [3.8, 4) is 6.07 Å². The molecule has 1 aliphatic heterocycles. The van der Waals surface area contributed by atoms with Gasteiger partial charge >= 0.3 is 5.69 Å². The molecule has 1 aromatic heterocycles. The largest absolute Gasteiger partial charge is 0.331 e. The highest BCUT2D eigenvalue weighted by Crippen LogP contribution is 2.25. The van der Waals surface area contributed by atoms with Gasteiger partial charge in [-0.3, -0.25) is 14.2 Å². The monoisotopic (exact) mass is 422 g/mol. The smallest absolute Gasteiger partial charge is 0.323 e. The average Bonchev–Trinajstić information content (AvgIpc) is 3.09. The molecule has 0 bridgehead atoms. The van der Waals surface area contributed by atoms with Gasteiger partial charge in [-0.15, -0.1) is 0 Å². The third kappa shape index (κ3) is 3.58. The van der Waals surface area contributed by atoms with Gasteiger partial charge in [-0.2, -0.15) is 5.26 Å². The maximum Gasteiger partial charge on any atom is 0.331 e. The summed E-state index contributed by atoms with van der Waals surface area (Å²) in [5, 5.41) is 11.8. The molecule has 2 heterocycles. The second-order valence-electron chi connectivity index (χ2n) is 6.32. The first-order valence-corrected chi connectivity index (χ1v) is 10.5. The Labute approximate surface area is 164 Å². The van der Waals surface area contributed by atoms with Gasteiger partial charge in [-0.1, -0.05) is 11.6 Å². The van der Waals surface area contributed by atoms with Crippen molar-refractivity contribution in [1.29, 1.82) is 5.26 Å². The van der Waals surface area contributed by atoms with E-state index in [4.69, 9.17) is 11.6 Å². The minimum absolute atomic E-state index is 0.0319. The fraction of sp³-hybridized carbons (Fsp3) is 0.294. The number of hydrogen-bond donors (Lipinski definition) is 1. The molecule has 28 heavy (non-hydrogen) atoms. The fourth-order valence-corrected chi connectivity index (χ4v) is 3.86. The second kappa shape index (κ2) is 7.26. The first-order valence-electron chi connectivity index (χ1n) is 8.19. The molecule has 0 aliphatic carbocycles. The first kappa shape index (κ1) is 19.9. The molecule has 11 heteroatoms. The highest BCUT2D eigenvalue weighted by Gasteiger charge is 2.23. The molecule has 0 unspecified atom stereocenters. The zero-order valence-electron chi connectivity index (χ0n) is 14.7. The lowest BCUT2D eigenvalue weighted by Gasteiger charge is -2.12. The van der Waals surface area contributed by atoms with Gasteiger partial charge in [-0.25, -0.2) is 17.8 Å². The quantitative estimate of drug-likeness (QED) is 0.764. The van der Waals surface area contributed by atoms with E-state index < -0.39 is 33.5 Å². The topological polar surface area (TPSA) is 131 Å². The van der Waals surface area contributed by atoms with Crippen LogP contribution in [-0.2, 0) is 34.1 Å². The van der Waals surface area contributed by atoms with Crippen molar-refractivity contribution in [3.63, 3.8) is 0 Å². The molecule has 0 saturated heterocycles. The lowest BCUT2D eigenvalue weighted by Crippen LogP contribution is -2.44. The first-order chi connectivity index (χ1) is 13.1. The molecular formula is C17H15ClN4O5S. The number of anilines is 1. The lowest BCUT2D eigenvalue weighted by molar-refractivity contribution is -0.116. The Kier molecular flexibility index (Phi) is 5.14. The molecule has 1 aromatic carbocycles. The minimum atomic E-state index is -3.52. The van der Waals surface area contributed by atoms with Crippen molar-refractivity contribution in [2.24, 2.45) is 0 Å². The maximum absolute atomic E-state index is 12.5. The highest BCUT2D eigenvalue weighted by molar-refractivity contribution is 7.90. The van der Waals surface area contributed by atoms with Crippen LogP contribution < -0.4 is 16.6 Å². The number of rotatable bonds is 4. The van der Waals surface area contributed by atoms with E-state index in [1.165, 1.54) is 22.8 Å². The summed E-state index contributed by atoms with van der Waals surface area (Å²) in [5.74, 6) is -0.755. The number of halogens is 1. The molecule has 0 saturated carbocycles. The molecule has 0 spiro atoms. The third-order valence-corrected chi connectivity index (χ3v) is 5.82. The van der Waals surface area contributed by atoms with E-state index >= 15 is 0 Å². The van der Waals surface area contributed by atoms with Crippen molar-refractivity contribution in [3.05, 3.63) is 55.3 Å². The van der Waals surface area contributed by atoms with Gasteiger partial charge < -0.3 is 5.32 Å².